The zero-order valence-corrected chi connectivity index (χ0v) is 55.2. The van der Waals surface area contributed by atoms with Crippen LogP contribution in [0, 0.1) is 23.7 Å². The third-order valence-corrected chi connectivity index (χ3v) is 23.1. The van der Waals surface area contributed by atoms with Gasteiger partial charge in [0.25, 0.3) is 0 Å². The second kappa shape index (κ2) is 28.8. The van der Waals surface area contributed by atoms with Crippen molar-refractivity contribution in [2.75, 3.05) is 26.2 Å². The molecule has 0 saturated heterocycles. The molecule has 4 unspecified atom stereocenters. The molecule has 0 amide bonds. The first-order chi connectivity index (χ1) is 42.2. The Labute approximate surface area is 519 Å². The second-order valence-corrected chi connectivity index (χ2v) is 30.6. The van der Waals surface area contributed by atoms with E-state index >= 15 is 0 Å². The van der Waals surface area contributed by atoms with Crippen LogP contribution in [0.15, 0.2) is 92.4 Å². The zero-order chi connectivity index (χ0) is 63.0. The van der Waals surface area contributed by atoms with E-state index in [0.29, 0.717) is 43.8 Å². The normalized spacial score (nSPS) is 14.3. The topological polar surface area (TPSA) is 294 Å². The lowest BCUT2D eigenvalue weighted by molar-refractivity contribution is 0.443. The SMILES string of the molecule is CCCCC(CC)CNS(=O)(=O)c1ccc2c(c1)-c1nc-2nc2[nH]c(nc3nc(nc4[nH]c(n1)c1ccc(S(=O)(=O)NCC(CC)CCCC)cc41)-c1ccc(S(=O)(=O)NCC(CC)CCCC)cc1-3)c1ccc(S(=O)(=O)NCC(CC)CCCC)cc21. The summed E-state index contributed by atoms with van der Waals surface area (Å²) in [5.74, 6) is 0.898. The standard InChI is InChI=1S/C64H86N12O8S4/c1-9-17-21-41(13-5)37-65-85(77,78)45-25-29-49-53(33-45)61-69-57(49)74-62-55-35-47(87(81,82)67-39-43(15-7)23-19-11-3)27-31-51(55)59(71-62)76-64-56-36-48(88(83,84)68-40-44(16-8)24-20-12-4)28-32-52(56)60(72-64)75-63-54-34-46(26-30-50(54)58(70-63)73-61)86(79,80)66-38-42(14-6)22-18-10-2/h25-36,41-44,65-68H,9-24,37-40H2,1-8H3,(H2,69,70,71,72,73,74,75,76). The highest BCUT2D eigenvalue weighted by Crippen LogP contribution is 2.40. The first-order valence-corrected chi connectivity index (χ1v) is 37.5. The van der Waals surface area contributed by atoms with Crippen molar-refractivity contribution in [3.05, 3.63) is 72.8 Å². The summed E-state index contributed by atoms with van der Waals surface area (Å²) in [5, 5.41) is 1.58. The third-order valence-electron chi connectivity index (χ3n) is 17.4. The number of aromatic amines is 2. The maximum atomic E-state index is 14.2. The van der Waals surface area contributed by atoms with E-state index in [1.165, 1.54) is 48.5 Å². The van der Waals surface area contributed by atoms with Crippen molar-refractivity contribution < 1.29 is 33.7 Å². The van der Waals surface area contributed by atoms with Gasteiger partial charge in [-0.25, -0.2) is 82.5 Å². The van der Waals surface area contributed by atoms with Gasteiger partial charge >= 0.3 is 0 Å². The minimum Gasteiger partial charge on any atom is -0.324 e. The Balaban J connectivity index is 1.31. The van der Waals surface area contributed by atoms with Gasteiger partial charge in [-0.3, -0.25) is 0 Å². The summed E-state index contributed by atoms with van der Waals surface area (Å²) in [5.41, 5.74) is 2.17. The Kier molecular flexibility index (Phi) is 21.7. The average molecular weight is 1280 g/mol. The average Bonchev–Trinajstić information content (AvgIpc) is 3.82. The van der Waals surface area contributed by atoms with Crippen LogP contribution in [0.3, 0.4) is 0 Å². The van der Waals surface area contributed by atoms with Crippen molar-refractivity contribution in [3.8, 4) is 45.6 Å². The Morgan fingerprint density at radius 3 is 0.875 bits per heavy atom. The molecule has 3 aromatic heterocycles. The van der Waals surface area contributed by atoms with Gasteiger partial charge in [0.2, 0.25) is 40.1 Å². The van der Waals surface area contributed by atoms with Gasteiger partial charge in [0, 0.05) is 70.0 Å². The minimum atomic E-state index is -4.07. The Bertz CT molecular complexity index is 4030. The molecule has 0 spiro atoms. The quantitative estimate of drug-likeness (QED) is 0.0229. The van der Waals surface area contributed by atoms with Crippen LogP contribution >= 0.6 is 0 Å². The molecule has 4 atom stereocenters. The molecule has 5 heterocycles. The summed E-state index contributed by atoms with van der Waals surface area (Å²) in [7, 11) is -16.3. The van der Waals surface area contributed by atoms with Crippen LogP contribution in [-0.4, -0.2) is 99.7 Å². The smallest absolute Gasteiger partial charge is 0.240 e. The molecule has 474 valence electrons. The number of benzene rings is 4. The van der Waals surface area contributed by atoms with E-state index in [1.807, 2.05) is 27.7 Å². The van der Waals surface area contributed by atoms with Gasteiger partial charge in [0.05, 0.1) is 19.6 Å². The lowest BCUT2D eigenvalue weighted by Crippen LogP contribution is -2.29. The predicted octanol–water partition coefficient (Wildman–Crippen LogP) is 12.8. The molecule has 2 aliphatic heterocycles. The molecule has 0 aliphatic carbocycles. The van der Waals surface area contributed by atoms with Gasteiger partial charge in [0.15, 0.2) is 23.3 Å². The molecular formula is C64H86N12O8S4. The number of sulfonamides is 4. The number of hydrogen-bond acceptors (Lipinski definition) is 14. The van der Waals surface area contributed by atoms with Gasteiger partial charge in [-0.1, -0.05) is 132 Å². The lowest BCUT2D eigenvalue weighted by Gasteiger charge is -2.15. The third kappa shape index (κ3) is 15.0. The first-order valence-electron chi connectivity index (χ1n) is 31.6. The van der Waals surface area contributed by atoms with Crippen molar-refractivity contribution in [2.24, 2.45) is 23.7 Å². The molecule has 0 saturated carbocycles. The fourth-order valence-electron chi connectivity index (χ4n) is 11.4. The molecule has 6 N–H and O–H groups in total. The van der Waals surface area contributed by atoms with E-state index in [-0.39, 0.29) is 115 Å². The van der Waals surface area contributed by atoms with Gasteiger partial charge < -0.3 is 9.97 Å². The Morgan fingerprint density at radius 1 is 0.330 bits per heavy atom. The zero-order valence-electron chi connectivity index (χ0n) is 52.0. The summed E-state index contributed by atoms with van der Waals surface area (Å²) in [4.78, 5) is 37.0. The van der Waals surface area contributed by atoms with Gasteiger partial charge in [-0.05, 0) is 122 Å². The van der Waals surface area contributed by atoms with E-state index in [9.17, 15) is 33.7 Å². The van der Waals surface area contributed by atoms with Crippen LogP contribution in [0.2, 0.25) is 0 Å². The largest absolute Gasteiger partial charge is 0.324 e. The van der Waals surface area contributed by atoms with Crippen molar-refractivity contribution in [3.63, 3.8) is 0 Å². The maximum Gasteiger partial charge on any atom is 0.240 e. The van der Waals surface area contributed by atoms with Gasteiger partial charge in [0.1, 0.15) is 22.6 Å². The summed E-state index contributed by atoms with van der Waals surface area (Å²) >= 11 is 0. The minimum absolute atomic E-state index is 0.0185. The molecule has 2 aliphatic rings. The van der Waals surface area contributed by atoms with Crippen molar-refractivity contribution in [2.45, 2.75) is 178 Å². The van der Waals surface area contributed by atoms with E-state index in [2.05, 4.69) is 56.6 Å². The van der Waals surface area contributed by atoms with Crippen molar-refractivity contribution in [1.82, 2.24) is 58.8 Å². The molecule has 20 nitrogen and oxygen atoms in total. The van der Waals surface area contributed by atoms with Crippen LogP contribution in [0.5, 0.6) is 0 Å². The highest BCUT2D eigenvalue weighted by molar-refractivity contribution is 7.90. The van der Waals surface area contributed by atoms with Crippen LogP contribution in [0.25, 0.3) is 89.7 Å². The van der Waals surface area contributed by atoms with E-state index in [0.717, 1.165) is 103 Å². The predicted molar refractivity (Wildman–Crippen MR) is 350 cm³/mol. The number of unbranched alkanes of at least 4 members (excludes halogenated alkanes) is 4. The Morgan fingerprint density at radius 2 is 0.591 bits per heavy atom. The molecule has 8 bridgehead atoms. The molecule has 0 fully saturated rings. The number of nitrogens with zero attached hydrogens (tertiary/aromatic N) is 6. The van der Waals surface area contributed by atoms with Gasteiger partial charge in [-0.2, -0.15) is 0 Å². The molecule has 4 aromatic carbocycles. The summed E-state index contributed by atoms with van der Waals surface area (Å²) < 4.78 is 125. The van der Waals surface area contributed by atoms with Crippen LogP contribution < -0.4 is 18.9 Å². The van der Waals surface area contributed by atoms with Gasteiger partial charge in [-0.15, -0.1) is 0 Å². The molecule has 24 heteroatoms. The number of hydrogen-bond donors (Lipinski definition) is 6. The summed E-state index contributed by atoms with van der Waals surface area (Å²) in [6.45, 7) is 17.6. The van der Waals surface area contributed by atoms with Crippen molar-refractivity contribution >= 4 is 84.2 Å². The second-order valence-electron chi connectivity index (χ2n) is 23.5. The first kappa shape index (κ1) is 66.3. The van der Waals surface area contributed by atoms with E-state index in [1.54, 1.807) is 24.3 Å². The number of H-pyrrole nitrogens is 2. The molecule has 0 radical (unpaired) electrons. The lowest BCUT2D eigenvalue weighted by atomic mass is 10.00. The van der Waals surface area contributed by atoms with Crippen LogP contribution in [0.4, 0.5) is 0 Å². The molecular weight excluding hydrogens is 1190 g/mol. The molecule has 88 heavy (non-hydrogen) atoms. The highest BCUT2D eigenvalue weighted by Gasteiger charge is 2.29. The monoisotopic (exact) mass is 1280 g/mol. The molecule has 9 rings (SSSR count). The van der Waals surface area contributed by atoms with Crippen LogP contribution in [0.1, 0.15) is 158 Å². The molecule has 7 aromatic rings. The van der Waals surface area contributed by atoms with E-state index < -0.39 is 40.1 Å². The maximum absolute atomic E-state index is 14.2. The fraction of sp³-hybridized carbons (Fsp3) is 0.500. The van der Waals surface area contributed by atoms with Crippen LogP contribution in [-0.2, 0) is 40.1 Å². The summed E-state index contributed by atoms with van der Waals surface area (Å²) in [6, 6.07) is 18.5. The highest BCUT2D eigenvalue weighted by atomic mass is 32.2. The number of aromatic nitrogens is 8. The number of fused-ring (bicyclic) bond motifs is 20. The Hall–Kier alpha value is -6.12. The fourth-order valence-corrected chi connectivity index (χ4v) is 16.0. The van der Waals surface area contributed by atoms with Crippen molar-refractivity contribution in [1.29, 1.82) is 0 Å². The number of nitrogens with one attached hydrogen (secondary N) is 6. The summed E-state index contributed by atoms with van der Waals surface area (Å²) in [6.07, 6.45) is 14.6. The van der Waals surface area contributed by atoms with E-state index in [4.69, 9.17) is 29.9 Å². The number of rotatable bonds is 32.